The van der Waals surface area contributed by atoms with Crippen LogP contribution < -0.4 is 5.32 Å². The van der Waals surface area contributed by atoms with Crippen LogP contribution in [0.15, 0.2) is 36.4 Å². The van der Waals surface area contributed by atoms with E-state index in [1.165, 1.54) is 0 Å². The van der Waals surface area contributed by atoms with Gasteiger partial charge in [-0.05, 0) is 30.7 Å². The summed E-state index contributed by atoms with van der Waals surface area (Å²) in [4.78, 5) is 10.9. The molecule has 104 valence electrons. The van der Waals surface area contributed by atoms with Gasteiger partial charge in [0.1, 0.15) is 0 Å². The molecule has 2 aromatic rings. The number of benzene rings is 2. The first-order valence-corrected chi connectivity index (χ1v) is 6.75. The maximum Gasteiger partial charge on any atom is 0.307 e. The molecule has 0 aliphatic heterocycles. The Morgan fingerprint density at radius 3 is 2.65 bits per heavy atom. The molecule has 0 bridgehead atoms. The smallest absolute Gasteiger partial charge is 0.307 e. The average molecular weight is 310 g/mol. The maximum atomic E-state index is 10.9. The van der Waals surface area contributed by atoms with Gasteiger partial charge in [0.2, 0.25) is 0 Å². The van der Waals surface area contributed by atoms with Gasteiger partial charge >= 0.3 is 5.97 Å². The molecule has 0 aliphatic rings. The quantitative estimate of drug-likeness (QED) is 0.862. The van der Waals surface area contributed by atoms with E-state index < -0.39 is 5.97 Å². The van der Waals surface area contributed by atoms with Crippen LogP contribution >= 0.6 is 23.2 Å². The summed E-state index contributed by atoms with van der Waals surface area (Å²) in [7, 11) is 0. The number of carbonyl (C=O) groups is 1. The molecular formula is C15H13Cl2NO2. The summed E-state index contributed by atoms with van der Waals surface area (Å²) in [5.74, 6) is -0.879. The van der Waals surface area contributed by atoms with Crippen LogP contribution in [-0.2, 0) is 11.2 Å². The number of hydrogen-bond donors (Lipinski definition) is 2. The van der Waals surface area contributed by atoms with Gasteiger partial charge in [-0.15, -0.1) is 0 Å². The second kappa shape index (κ2) is 6.16. The highest BCUT2D eigenvalue weighted by molar-refractivity contribution is 6.43. The van der Waals surface area contributed by atoms with Gasteiger partial charge in [-0.2, -0.15) is 0 Å². The van der Waals surface area contributed by atoms with Crippen molar-refractivity contribution in [3.8, 4) is 0 Å². The Morgan fingerprint density at radius 2 is 1.95 bits per heavy atom. The summed E-state index contributed by atoms with van der Waals surface area (Å²) in [6.07, 6.45) is -0.0534. The van der Waals surface area contributed by atoms with Crippen molar-refractivity contribution in [2.24, 2.45) is 0 Å². The minimum absolute atomic E-state index is 0.0534. The average Bonchev–Trinajstić information content (AvgIpc) is 2.37. The van der Waals surface area contributed by atoms with Crippen molar-refractivity contribution in [2.45, 2.75) is 13.3 Å². The van der Waals surface area contributed by atoms with Crippen LogP contribution in [0.4, 0.5) is 11.4 Å². The molecule has 5 heteroatoms. The normalized spacial score (nSPS) is 10.3. The second-order valence-electron chi connectivity index (χ2n) is 4.46. The Balaban J connectivity index is 2.37. The van der Waals surface area contributed by atoms with E-state index in [9.17, 15) is 4.79 Å². The number of halogens is 2. The van der Waals surface area contributed by atoms with Crippen molar-refractivity contribution < 1.29 is 9.90 Å². The molecule has 0 unspecified atom stereocenters. The van der Waals surface area contributed by atoms with E-state index in [1.54, 1.807) is 18.2 Å². The second-order valence-corrected chi connectivity index (χ2v) is 5.24. The monoisotopic (exact) mass is 309 g/mol. The lowest BCUT2D eigenvalue weighted by atomic mass is 10.1. The Morgan fingerprint density at radius 1 is 1.20 bits per heavy atom. The Bertz CT molecular complexity index is 656. The Hall–Kier alpha value is -1.71. The molecule has 0 heterocycles. The van der Waals surface area contributed by atoms with E-state index in [0.29, 0.717) is 27.0 Å². The molecule has 2 aromatic carbocycles. The van der Waals surface area contributed by atoms with Gasteiger partial charge in [-0.25, -0.2) is 0 Å². The van der Waals surface area contributed by atoms with Crippen molar-refractivity contribution in [1.82, 2.24) is 0 Å². The first-order valence-electron chi connectivity index (χ1n) is 5.99. The van der Waals surface area contributed by atoms with Gasteiger partial charge in [0.25, 0.3) is 0 Å². The third-order valence-electron chi connectivity index (χ3n) is 2.82. The molecule has 3 nitrogen and oxygen atoms in total. The molecule has 2 N–H and O–H groups in total. The highest BCUT2D eigenvalue weighted by atomic mass is 35.5. The summed E-state index contributed by atoms with van der Waals surface area (Å²) < 4.78 is 0. The van der Waals surface area contributed by atoms with E-state index in [0.717, 1.165) is 5.56 Å². The third kappa shape index (κ3) is 3.44. The Kier molecular flexibility index (Phi) is 4.53. The zero-order valence-electron chi connectivity index (χ0n) is 10.8. The maximum absolute atomic E-state index is 10.9. The molecule has 0 aliphatic carbocycles. The molecule has 0 amide bonds. The molecule has 0 fully saturated rings. The molecule has 0 spiro atoms. The number of aliphatic carboxylic acids is 1. The number of rotatable bonds is 4. The zero-order chi connectivity index (χ0) is 14.7. The van der Waals surface area contributed by atoms with Gasteiger partial charge in [0, 0.05) is 5.69 Å². The summed E-state index contributed by atoms with van der Waals surface area (Å²) in [6.45, 7) is 1.92. The molecule has 0 saturated heterocycles. The summed E-state index contributed by atoms with van der Waals surface area (Å²) in [6, 6.07) is 10.9. The topological polar surface area (TPSA) is 49.3 Å². The molecule has 0 saturated carbocycles. The number of carboxylic acid groups (broad SMARTS) is 1. The first kappa shape index (κ1) is 14.7. The highest BCUT2D eigenvalue weighted by Crippen LogP contribution is 2.32. The zero-order valence-corrected chi connectivity index (χ0v) is 12.3. The van der Waals surface area contributed by atoms with E-state index >= 15 is 0 Å². The molecule has 20 heavy (non-hydrogen) atoms. The van der Waals surface area contributed by atoms with Crippen LogP contribution in [-0.4, -0.2) is 11.1 Å². The van der Waals surface area contributed by atoms with Crippen LogP contribution in [0.3, 0.4) is 0 Å². The third-order valence-corrected chi connectivity index (χ3v) is 3.64. The fraction of sp³-hybridized carbons (Fsp3) is 0.133. The number of aryl methyl sites for hydroxylation is 1. The van der Waals surface area contributed by atoms with Crippen molar-refractivity contribution in [2.75, 3.05) is 5.32 Å². The van der Waals surface area contributed by atoms with Crippen LogP contribution in [0.1, 0.15) is 11.1 Å². The number of nitrogens with one attached hydrogen (secondary N) is 1. The van der Waals surface area contributed by atoms with Gasteiger partial charge in [-0.1, -0.05) is 47.0 Å². The predicted octanol–water partition coefficient (Wildman–Crippen LogP) is 4.67. The van der Waals surface area contributed by atoms with Gasteiger partial charge < -0.3 is 10.4 Å². The lowest BCUT2D eigenvalue weighted by Gasteiger charge is -2.13. The fourth-order valence-corrected chi connectivity index (χ4v) is 2.25. The van der Waals surface area contributed by atoms with Crippen molar-refractivity contribution >= 4 is 40.5 Å². The van der Waals surface area contributed by atoms with E-state index in [1.807, 2.05) is 25.1 Å². The van der Waals surface area contributed by atoms with Gasteiger partial charge in [-0.3, -0.25) is 4.79 Å². The van der Waals surface area contributed by atoms with E-state index in [4.69, 9.17) is 28.3 Å². The van der Waals surface area contributed by atoms with Crippen molar-refractivity contribution in [3.63, 3.8) is 0 Å². The van der Waals surface area contributed by atoms with E-state index in [2.05, 4.69) is 5.32 Å². The number of hydrogen-bond acceptors (Lipinski definition) is 2. The largest absolute Gasteiger partial charge is 0.481 e. The molecule has 0 atom stereocenters. The first-order chi connectivity index (χ1) is 9.47. The standard InChI is InChI=1S/C15H13Cl2NO2/c1-9-5-6-12(10(7-9)8-14(19)20)18-13-4-2-3-11(16)15(13)17/h2-7,18H,8H2,1H3,(H,19,20). The van der Waals surface area contributed by atoms with Crippen molar-refractivity contribution in [3.05, 3.63) is 57.6 Å². The lowest BCUT2D eigenvalue weighted by Crippen LogP contribution is -2.04. The van der Waals surface area contributed by atoms with Gasteiger partial charge in [0.05, 0.1) is 22.2 Å². The minimum atomic E-state index is -0.879. The SMILES string of the molecule is Cc1ccc(Nc2cccc(Cl)c2Cl)c(CC(=O)O)c1. The molecule has 2 rings (SSSR count). The minimum Gasteiger partial charge on any atom is -0.481 e. The lowest BCUT2D eigenvalue weighted by molar-refractivity contribution is -0.136. The highest BCUT2D eigenvalue weighted by Gasteiger charge is 2.10. The van der Waals surface area contributed by atoms with Crippen LogP contribution in [0, 0.1) is 6.92 Å². The fourth-order valence-electron chi connectivity index (χ4n) is 1.90. The van der Waals surface area contributed by atoms with Gasteiger partial charge in [0.15, 0.2) is 0 Å². The molecule has 0 radical (unpaired) electrons. The summed E-state index contributed by atoms with van der Waals surface area (Å²) in [5.41, 5.74) is 3.06. The number of anilines is 2. The van der Waals surface area contributed by atoms with Crippen LogP contribution in [0.5, 0.6) is 0 Å². The number of carboxylic acids is 1. The van der Waals surface area contributed by atoms with E-state index in [-0.39, 0.29) is 6.42 Å². The predicted molar refractivity (Wildman–Crippen MR) is 82.3 cm³/mol. The Labute approximate surface area is 127 Å². The van der Waals surface area contributed by atoms with Crippen LogP contribution in [0.2, 0.25) is 10.0 Å². The summed E-state index contributed by atoms with van der Waals surface area (Å²) in [5, 5.41) is 13.0. The molecular weight excluding hydrogens is 297 g/mol. The summed E-state index contributed by atoms with van der Waals surface area (Å²) >= 11 is 12.1. The molecule has 0 aromatic heterocycles. The van der Waals surface area contributed by atoms with Crippen LogP contribution in [0.25, 0.3) is 0 Å². The van der Waals surface area contributed by atoms with Crippen molar-refractivity contribution in [1.29, 1.82) is 0 Å².